The average molecular weight is 435 g/mol. The average Bonchev–Trinajstić information content (AvgIpc) is 2.73. The number of carbonyl (C=O) groups is 1. The molecule has 1 N–H and O–H groups in total. The van der Waals surface area contributed by atoms with Crippen LogP contribution < -0.4 is 5.32 Å². The summed E-state index contributed by atoms with van der Waals surface area (Å²) in [6.45, 7) is 1.69. The molecule has 1 saturated carbocycles. The summed E-state index contributed by atoms with van der Waals surface area (Å²) in [7, 11) is -3.75. The Labute approximate surface area is 178 Å². The molecule has 0 aromatic heterocycles. The van der Waals surface area contributed by atoms with Crippen LogP contribution in [0.3, 0.4) is 0 Å². The maximum atomic E-state index is 13.3. The van der Waals surface area contributed by atoms with Gasteiger partial charge in [0.2, 0.25) is 15.9 Å². The number of hydrogen-bond acceptors (Lipinski definition) is 3. The topological polar surface area (TPSA) is 66.5 Å². The van der Waals surface area contributed by atoms with Gasteiger partial charge in [0, 0.05) is 11.1 Å². The fourth-order valence-corrected chi connectivity index (χ4v) is 5.56. The van der Waals surface area contributed by atoms with Gasteiger partial charge in [-0.1, -0.05) is 61.2 Å². The van der Waals surface area contributed by atoms with E-state index in [9.17, 15) is 13.2 Å². The second-order valence-electron chi connectivity index (χ2n) is 7.50. The summed E-state index contributed by atoms with van der Waals surface area (Å²) in [5.74, 6) is -0.308. The molecule has 1 amide bonds. The number of carbonyl (C=O) groups excluding carboxylic acids is 1. The summed E-state index contributed by atoms with van der Waals surface area (Å²) >= 11 is 5.92. The Morgan fingerprint density at radius 3 is 2.31 bits per heavy atom. The second kappa shape index (κ2) is 9.74. The third-order valence-corrected chi connectivity index (χ3v) is 7.54. The van der Waals surface area contributed by atoms with Gasteiger partial charge in [-0.2, -0.15) is 4.31 Å². The Balaban J connectivity index is 1.77. The van der Waals surface area contributed by atoms with Crippen LogP contribution in [-0.4, -0.2) is 31.2 Å². The van der Waals surface area contributed by atoms with E-state index in [-0.39, 0.29) is 29.4 Å². The van der Waals surface area contributed by atoms with Crippen molar-refractivity contribution in [3.05, 3.63) is 65.2 Å². The number of rotatable bonds is 7. The van der Waals surface area contributed by atoms with E-state index in [0.29, 0.717) is 5.02 Å². The maximum absolute atomic E-state index is 13.3. The normalized spacial score (nSPS) is 16.5. The fraction of sp³-hybridized carbons (Fsp3) is 0.409. The minimum Gasteiger partial charge on any atom is -0.348 e. The van der Waals surface area contributed by atoms with Gasteiger partial charge < -0.3 is 5.32 Å². The van der Waals surface area contributed by atoms with Gasteiger partial charge in [0.1, 0.15) is 0 Å². The molecule has 2 aromatic carbocycles. The van der Waals surface area contributed by atoms with Crippen molar-refractivity contribution in [2.45, 2.75) is 56.0 Å². The first-order valence-corrected chi connectivity index (χ1v) is 11.8. The first kappa shape index (κ1) is 21.8. The van der Waals surface area contributed by atoms with E-state index in [4.69, 9.17) is 11.6 Å². The van der Waals surface area contributed by atoms with E-state index in [1.165, 1.54) is 4.31 Å². The Bertz CT molecular complexity index is 911. The molecule has 3 rings (SSSR count). The van der Waals surface area contributed by atoms with Crippen molar-refractivity contribution in [1.82, 2.24) is 9.62 Å². The minimum absolute atomic E-state index is 0.148. The largest absolute Gasteiger partial charge is 0.348 e. The number of amides is 1. The highest BCUT2D eigenvalue weighted by atomic mass is 35.5. The van der Waals surface area contributed by atoms with Crippen LogP contribution >= 0.6 is 11.6 Å². The van der Waals surface area contributed by atoms with E-state index in [1.807, 2.05) is 19.1 Å². The molecular formula is C22H27ClN2O3S. The molecule has 1 aliphatic rings. The maximum Gasteiger partial charge on any atom is 0.243 e. The monoisotopic (exact) mass is 434 g/mol. The quantitative estimate of drug-likeness (QED) is 0.695. The lowest BCUT2D eigenvalue weighted by Crippen LogP contribution is -2.47. The number of nitrogens with one attached hydrogen (secondary N) is 1. The van der Waals surface area contributed by atoms with Gasteiger partial charge in [0.15, 0.2) is 0 Å². The summed E-state index contributed by atoms with van der Waals surface area (Å²) in [5, 5.41) is 3.55. The van der Waals surface area contributed by atoms with E-state index in [1.54, 1.807) is 42.5 Å². The van der Waals surface area contributed by atoms with Crippen molar-refractivity contribution >= 4 is 27.5 Å². The molecule has 0 bridgehead atoms. The standard InChI is InChI=1S/C22H27ClN2O3S/c1-17(18-12-14-19(23)15-13-18)24-22(26)16-25(20-8-4-2-5-9-20)29(27,28)21-10-6-3-7-11-21/h3,6-7,10-15,17,20H,2,4-5,8-9,16H2,1H3,(H,24,26)/t17-/m1/s1. The van der Waals surface area contributed by atoms with Gasteiger partial charge in [-0.25, -0.2) is 8.42 Å². The Kier molecular flexibility index (Phi) is 7.33. The predicted octanol–water partition coefficient (Wildman–Crippen LogP) is 4.54. The van der Waals surface area contributed by atoms with Crippen LogP contribution in [0, 0.1) is 0 Å². The minimum atomic E-state index is -3.75. The lowest BCUT2D eigenvalue weighted by Gasteiger charge is -2.33. The number of hydrogen-bond donors (Lipinski definition) is 1. The Hall–Kier alpha value is -1.89. The molecule has 0 spiro atoms. The highest BCUT2D eigenvalue weighted by Gasteiger charge is 2.34. The lowest BCUT2D eigenvalue weighted by molar-refractivity contribution is -0.122. The summed E-state index contributed by atoms with van der Waals surface area (Å²) < 4.78 is 28.0. The van der Waals surface area contributed by atoms with Crippen molar-refractivity contribution in [2.24, 2.45) is 0 Å². The number of sulfonamides is 1. The summed E-state index contributed by atoms with van der Waals surface area (Å²) in [4.78, 5) is 13.0. The molecule has 0 heterocycles. The molecule has 29 heavy (non-hydrogen) atoms. The number of nitrogens with zero attached hydrogens (tertiary/aromatic N) is 1. The van der Waals surface area contributed by atoms with Crippen LogP contribution in [0.5, 0.6) is 0 Å². The third kappa shape index (κ3) is 5.59. The molecule has 2 aromatic rings. The molecule has 0 aliphatic heterocycles. The molecule has 5 nitrogen and oxygen atoms in total. The van der Waals surface area contributed by atoms with Crippen LogP contribution in [0.15, 0.2) is 59.5 Å². The molecule has 0 saturated heterocycles. The molecule has 1 atom stereocenters. The molecule has 7 heteroatoms. The van der Waals surface area contributed by atoms with Gasteiger partial charge in [-0.15, -0.1) is 0 Å². The zero-order chi connectivity index (χ0) is 20.9. The Morgan fingerprint density at radius 1 is 1.07 bits per heavy atom. The van der Waals surface area contributed by atoms with Crippen molar-refractivity contribution in [3.63, 3.8) is 0 Å². The summed E-state index contributed by atoms with van der Waals surface area (Å²) in [5.41, 5.74) is 0.915. The SMILES string of the molecule is C[C@@H](NC(=O)CN(C1CCCCC1)S(=O)(=O)c1ccccc1)c1ccc(Cl)cc1. The number of halogens is 1. The molecule has 156 valence electrons. The van der Waals surface area contributed by atoms with E-state index < -0.39 is 10.0 Å². The third-order valence-electron chi connectivity index (χ3n) is 5.38. The lowest BCUT2D eigenvalue weighted by atomic mass is 9.95. The van der Waals surface area contributed by atoms with Gasteiger partial charge in [-0.3, -0.25) is 4.79 Å². The van der Waals surface area contributed by atoms with Crippen LogP contribution in [0.25, 0.3) is 0 Å². The van der Waals surface area contributed by atoms with Crippen molar-refractivity contribution in [1.29, 1.82) is 0 Å². The second-order valence-corrected chi connectivity index (χ2v) is 9.82. The summed E-state index contributed by atoms with van der Waals surface area (Å²) in [6.07, 6.45) is 4.64. The van der Waals surface area contributed by atoms with Crippen LogP contribution in [0.2, 0.25) is 5.02 Å². The van der Waals surface area contributed by atoms with E-state index >= 15 is 0 Å². The van der Waals surface area contributed by atoms with Crippen LogP contribution in [-0.2, 0) is 14.8 Å². The van der Waals surface area contributed by atoms with Crippen LogP contribution in [0.1, 0.15) is 50.6 Å². The molecular weight excluding hydrogens is 408 g/mol. The van der Waals surface area contributed by atoms with Gasteiger partial charge in [-0.05, 0) is 49.6 Å². The Morgan fingerprint density at radius 2 is 1.69 bits per heavy atom. The van der Waals surface area contributed by atoms with Crippen LogP contribution in [0.4, 0.5) is 0 Å². The van der Waals surface area contributed by atoms with Gasteiger partial charge >= 0.3 is 0 Å². The summed E-state index contributed by atoms with van der Waals surface area (Å²) in [6, 6.07) is 15.2. The molecule has 0 unspecified atom stereocenters. The molecule has 0 radical (unpaired) electrons. The van der Waals surface area contributed by atoms with E-state index in [0.717, 1.165) is 37.7 Å². The first-order chi connectivity index (χ1) is 13.9. The molecule has 1 fully saturated rings. The smallest absolute Gasteiger partial charge is 0.243 e. The predicted molar refractivity (Wildman–Crippen MR) is 115 cm³/mol. The zero-order valence-corrected chi connectivity index (χ0v) is 18.1. The number of benzene rings is 2. The molecule has 1 aliphatic carbocycles. The van der Waals surface area contributed by atoms with Gasteiger partial charge in [0.05, 0.1) is 17.5 Å². The van der Waals surface area contributed by atoms with Crippen molar-refractivity contribution < 1.29 is 13.2 Å². The van der Waals surface area contributed by atoms with Gasteiger partial charge in [0.25, 0.3) is 0 Å². The highest BCUT2D eigenvalue weighted by Crippen LogP contribution is 2.28. The van der Waals surface area contributed by atoms with E-state index in [2.05, 4.69) is 5.32 Å². The fourth-order valence-electron chi connectivity index (χ4n) is 3.77. The highest BCUT2D eigenvalue weighted by molar-refractivity contribution is 7.89. The first-order valence-electron chi connectivity index (χ1n) is 9.99. The van der Waals surface area contributed by atoms with Crippen molar-refractivity contribution in [2.75, 3.05) is 6.54 Å². The van der Waals surface area contributed by atoms with Crippen molar-refractivity contribution in [3.8, 4) is 0 Å². The zero-order valence-electron chi connectivity index (χ0n) is 16.6.